The molecule has 2 aromatic heterocycles. The maximum atomic E-state index is 12.8. The highest BCUT2D eigenvalue weighted by Crippen LogP contribution is 2.37. The van der Waals surface area contributed by atoms with Crippen molar-refractivity contribution in [1.29, 1.82) is 0 Å². The summed E-state index contributed by atoms with van der Waals surface area (Å²) in [7, 11) is 2.94. The van der Waals surface area contributed by atoms with Gasteiger partial charge in [-0.3, -0.25) is 19.2 Å². The summed E-state index contributed by atoms with van der Waals surface area (Å²) in [5, 5.41) is 30.1. The smallest absolute Gasteiger partial charge is 0.305 e. The van der Waals surface area contributed by atoms with Crippen molar-refractivity contribution in [3.8, 4) is 32.6 Å². The second-order valence-corrected chi connectivity index (χ2v) is 15.4. The number of methoxy groups -OCH3 is 2. The number of thiazole rings is 2. The van der Waals surface area contributed by atoms with Crippen molar-refractivity contribution in [1.82, 2.24) is 20.6 Å². The van der Waals surface area contributed by atoms with Gasteiger partial charge >= 0.3 is 11.9 Å². The van der Waals surface area contributed by atoms with Gasteiger partial charge in [-0.15, -0.1) is 22.7 Å². The number of carbonyl (C=O) groups is 4. The van der Waals surface area contributed by atoms with E-state index in [4.69, 9.17) is 55.9 Å². The molecule has 0 spiro atoms. The number of para-hydroxylation sites is 1. The predicted molar refractivity (Wildman–Crippen MR) is 226 cm³/mol. The van der Waals surface area contributed by atoms with Crippen molar-refractivity contribution in [2.75, 3.05) is 14.2 Å². The highest BCUT2D eigenvalue weighted by atomic mass is 35.5. The zero-order chi connectivity index (χ0) is 41.9. The van der Waals surface area contributed by atoms with E-state index in [-0.39, 0.29) is 29.3 Å². The molecule has 0 bridgehead atoms. The molecule has 0 radical (unpaired) electrons. The van der Waals surface area contributed by atoms with Gasteiger partial charge in [-0.1, -0.05) is 101 Å². The van der Waals surface area contributed by atoms with Crippen molar-refractivity contribution >= 4 is 92.8 Å². The van der Waals surface area contributed by atoms with E-state index < -0.39 is 35.8 Å². The molecule has 18 heteroatoms. The number of aromatic nitrogens is 2. The molecule has 0 saturated carbocycles. The molecule has 0 fully saturated rings. The standard InChI is InChI=1S/C21H19ClN2O5S.C19H13Cl3N2O3S/c1-28-17-9-5-7-13(19(17)29-2)15(10-18(25)26)23-20(27)16-11-30-21(24-16)12-6-3-4-8-14(12)22;20-10-5-6-11(14(22)7-10)15(8-17(25)26)23-18(27)16-9-28-19(24-16)12-3-1-2-4-13(12)21/h3-9,11,15H,10H2,1-2H3,(H,23,27)(H,25,26);1-7,9,15H,8H2,(H,23,27)(H,25,26)/t2*15-/m00/s1. The van der Waals surface area contributed by atoms with E-state index >= 15 is 0 Å². The lowest BCUT2D eigenvalue weighted by Crippen LogP contribution is -2.30. The van der Waals surface area contributed by atoms with Crippen LogP contribution in [0.4, 0.5) is 0 Å². The number of carboxylic acids is 2. The Morgan fingerprint density at radius 3 is 1.59 bits per heavy atom. The lowest BCUT2D eigenvalue weighted by atomic mass is 10.0. The number of halogens is 4. The van der Waals surface area contributed by atoms with Crippen molar-refractivity contribution in [3.63, 3.8) is 0 Å². The number of nitrogens with zero attached hydrogens (tertiary/aromatic N) is 2. The number of benzene rings is 4. The molecule has 300 valence electrons. The van der Waals surface area contributed by atoms with Crippen LogP contribution in [0.25, 0.3) is 21.1 Å². The number of hydrogen-bond donors (Lipinski definition) is 4. The maximum Gasteiger partial charge on any atom is 0.305 e. The Hall–Kier alpha value is -5.22. The van der Waals surface area contributed by atoms with Crippen LogP contribution in [0.3, 0.4) is 0 Å². The number of amides is 2. The van der Waals surface area contributed by atoms with Crippen molar-refractivity contribution < 1.29 is 38.9 Å². The summed E-state index contributed by atoms with van der Waals surface area (Å²) in [6.45, 7) is 0. The van der Waals surface area contributed by atoms with Crippen LogP contribution in [0.5, 0.6) is 11.5 Å². The lowest BCUT2D eigenvalue weighted by molar-refractivity contribution is -0.138. The minimum Gasteiger partial charge on any atom is -0.493 e. The summed E-state index contributed by atoms with van der Waals surface area (Å²) in [5.74, 6) is -2.35. The average Bonchev–Trinajstić information content (AvgIpc) is 3.89. The fourth-order valence-corrected chi connectivity index (χ4v) is 8.32. The van der Waals surface area contributed by atoms with Crippen LogP contribution in [-0.2, 0) is 9.59 Å². The third kappa shape index (κ3) is 11.2. The summed E-state index contributed by atoms with van der Waals surface area (Å²) in [5.41, 5.74) is 2.74. The van der Waals surface area contributed by atoms with Crippen molar-refractivity contribution in [3.05, 3.63) is 138 Å². The van der Waals surface area contributed by atoms with E-state index in [1.165, 1.54) is 43.0 Å². The molecule has 0 aliphatic heterocycles. The first kappa shape index (κ1) is 43.9. The number of nitrogens with one attached hydrogen (secondary N) is 2. The molecular formula is C40H32Cl4N4O8S2. The number of carbonyl (C=O) groups excluding carboxylic acids is 2. The molecule has 6 rings (SSSR count). The Labute approximate surface area is 360 Å². The van der Waals surface area contributed by atoms with E-state index in [2.05, 4.69) is 20.6 Å². The van der Waals surface area contributed by atoms with E-state index in [0.29, 0.717) is 47.7 Å². The van der Waals surface area contributed by atoms with Gasteiger partial charge < -0.3 is 30.3 Å². The maximum absolute atomic E-state index is 12.8. The molecule has 2 amide bonds. The van der Waals surface area contributed by atoms with Gasteiger partial charge in [-0.25, -0.2) is 9.97 Å². The first-order valence-electron chi connectivity index (χ1n) is 16.9. The summed E-state index contributed by atoms with van der Waals surface area (Å²) < 4.78 is 10.7. The molecule has 2 atom stereocenters. The number of rotatable bonds is 14. The van der Waals surface area contributed by atoms with Gasteiger partial charge in [-0.05, 0) is 35.9 Å². The van der Waals surface area contributed by atoms with E-state index in [1.54, 1.807) is 59.3 Å². The predicted octanol–water partition coefficient (Wildman–Crippen LogP) is 10.1. The van der Waals surface area contributed by atoms with Crippen LogP contribution < -0.4 is 20.1 Å². The Kier molecular flexibility index (Phi) is 15.5. The van der Waals surface area contributed by atoms with Gasteiger partial charge in [0.2, 0.25) is 0 Å². The van der Waals surface area contributed by atoms with Gasteiger partial charge in [0.25, 0.3) is 11.8 Å². The Morgan fingerprint density at radius 2 is 1.14 bits per heavy atom. The highest BCUT2D eigenvalue weighted by molar-refractivity contribution is 7.13. The summed E-state index contributed by atoms with van der Waals surface area (Å²) >= 11 is 27.0. The molecule has 0 aliphatic carbocycles. The molecule has 58 heavy (non-hydrogen) atoms. The monoisotopic (exact) mass is 900 g/mol. The number of ether oxygens (including phenoxy) is 2. The molecule has 0 aliphatic rings. The summed E-state index contributed by atoms with van der Waals surface area (Å²) in [4.78, 5) is 56.9. The highest BCUT2D eigenvalue weighted by Gasteiger charge is 2.26. The molecule has 6 aromatic rings. The van der Waals surface area contributed by atoms with Crippen LogP contribution in [0.2, 0.25) is 20.1 Å². The quantitative estimate of drug-likeness (QED) is 0.0823. The second kappa shape index (κ2) is 20.5. The largest absolute Gasteiger partial charge is 0.493 e. The van der Waals surface area contributed by atoms with Gasteiger partial charge in [0.05, 0.1) is 49.2 Å². The van der Waals surface area contributed by atoms with Crippen LogP contribution in [-0.4, -0.2) is 58.2 Å². The van der Waals surface area contributed by atoms with Crippen LogP contribution >= 0.6 is 69.1 Å². The van der Waals surface area contributed by atoms with Gasteiger partial charge in [0, 0.05) is 37.5 Å². The average molecular weight is 903 g/mol. The topological polar surface area (TPSA) is 177 Å². The normalized spacial score (nSPS) is 11.7. The Balaban J connectivity index is 0.000000221. The molecule has 0 unspecified atom stereocenters. The van der Waals surface area contributed by atoms with Gasteiger partial charge in [-0.2, -0.15) is 0 Å². The molecular weight excluding hydrogens is 870 g/mol. The van der Waals surface area contributed by atoms with E-state index in [1.807, 2.05) is 30.3 Å². The van der Waals surface area contributed by atoms with Gasteiger partial charge in [0.1, 0.15) is 21.4 Å². The van der Waals surface area contributed by atoms with Crippen molar-refractivity contribution in [2.24, 2.45) is 0 Å². The Morgan fingerprint density at radius 1 is 0.638 bits per heavy atom. The van der Waals surface area contributed by atoms with E-state index in [0.717, 1.165) is 11.1 Å². The third-order valence-corrected chi connectivity index (χ3v) is 11.2. The second-order valence-electron chi connectivity index (χ2n) is 12.0. The molecule has 0 saturated heterocycles. The zero-order valence-electron chi connectivity index (χ0n) is 30.4. The Bertz CT molecular complexity index is 2440. The molecule has 4 N–H and O–H groups in total. The minimum absolute atomic E-state index is 0.167. The first-order valence-corrected chi connectivity index (χ1v) is 20.2. The van der Waals surface area contributed by atoms with Gasteiger partial charge in [0.15, 0.2) is 11.5 Å². The third-order valence-electron chi connectivity index (χ3n) is 8.20. The summed E-state index contributed by atoms with van der Waals surface area (Å²) in [6.07, 6.45) is -0.675. The zero-order valence-corrected chi connectivity index (χ0v) is 35.0. The minimum atomic E-state index is -1.08. The summed E-state index contributed by atoms with van der Waals surface area (Å²) in [6, 6.07) is 22.5. The van der Waals surface area contributed by atoms with E-state index in [9.17, 15) is 29.4 Å². The number of aliphatic carboxylic acids is 2. The van der Waals surface area contributed by atoms with Crippen LogP contribution in [0, 0.1) is 0 Å². The van der Waals surface area contributed by atoms with Crippen LogP contribution in [0.15, 0.2) is 95.7 Å². The molecule has 2 heterocycles. The number of hydrogen-bond acceptors (Lipinski definition) is 10. The fraction of sp³-hybridized carbons (Fsp3) is 0.150. The fourth-order valence-electron chi connectivity index (χ4n) is 5.53. The van der Waals surface area contributed by atoms with Crippen molar-refractivity contribution in [2.45, 2.75) is 24.9 Å². The molecule has 4 aromatic carbocycles. The number of carboxylic acid groups (broad SMARTS) is 2. The van der Waals surface area contributed by atoms with Crippen LogP contribution in [0.1, 0.15) is 57.0 Å². The molecule has 12 nitrogen and oxygen atoms in total. The first-order chi connectivity index (χ1) is 27.8. The SMILES string of the molecule is COc1cccc([C@H](CC(=O)O)NC(=O)c2csc(-c3ccccc3Cl)n2)c1OC.O=C(O)C[C@H](NC(=O)c1csc(-c2ccccc2Cl)n1)c1ccc(Cl)cc1Cl. The lowest BCUT2D eigenvalue weighted by Gasteiger charge is -2.21.